The molecule has 2 heterocycles. The number of benzene rings is 1. The van der Waals surface area contributed by atoms with Crippen molar-refractivity contribution in [1.82, 2.24) is 9.61 Å². The van der Waals surface area contributed by atoms with Gasteiger partial charge in [-0.05, 0) is 57.0 Å². The highest BCUT2D eigenvalue weighted by Gasteiger charge is 2.33. The molecular formula is C28H31F4N3O2. The number of hydrogen-bond donors (Lipinski definition) is 0. The molecule has 0 N–H and O–H groups in total. The van der Waals surface area contributed by atoms with Gasteiger partial charge in [0.15, 0.2) is 0 Å². The Labute approximate surface area is 214 Å². The maximum atomic E-state index is 13.4. The summed E-state index contributed by atoms with van der Waals surface area (Å²) >= 11 is 0. The highest BCUT2D eigenvalue weighted by molar-refractivity contribution is 5.89. The molecule has 0 spiro atoms. The summed E-state index contributed by atoms with van der Waals surface area (Å²) in [6.07, 6.45) is 2.31. The number of nitrogens with zero attached hydrogens (tertiary/aromatic N) is 3. The Morgan fingerprint density at radius 2 is 1.81 bits per heavy atom. The Hall–Kier alpha value is -3.62. The second-order valence-corrected chi connectivity index (χ2v) is 9.37. The summed E-state index contributed by atoms with van der Waals surface area (Å²) in [7, 11) is 0. The SMILES string of the molecule is CC.CC(C)(C)OC(=O)N(Cc1ccc(F)cc1)c1ccn2ncc(C3C=CC(C(F)(F)F)=CC3)c2c1. The van der Waals surface area contributed by atoms with Gasteiger partial charge in [0.25, 0.3) is 0 Å². The van der Waals surface area contributed by atoms with Crippen LogP contribution < -0.4 is 4.90 Å². The molecule has 1 atom stereocenters. The molecule has 0 saturated carbocycles. The predicted molar refractivity (Wildman–Crippen MR) is 136 cm³/mol. The molecule has 0 fully saturated rings. The minimum atomic E-state index is -4.38. The van der Waals surface area contributed by atoms with Gasteiger partial charge < -0.3 is 4.74 Å². The van der Waals surface area contributed by atoms with E-state index in [0.717, 1.165) is 11.6 Å². The normalized spacial score (nSPS) is 15.6. The molecule has 2 aromatic heterocycles. The average molecular weight is 518 g/mol. The van der Waals surface area contributed by atoms with Crippen molar-refractivity contribution < 1.29 is 27.1 Å². The van der Waals surface area contributed by atoms with E-state index >= 15 is 0 Å². The molecule has 5 nitrogen and oxygen atoms in total. The fourth-order valence-corrected chi connectivity index (χ4v) is 3.85. The van der Waals surface area contributed by atoms with E-state index in [9.17, 15) is 22.4 Å². The van der Waals surface area contributed by atoms with Crippen LogP contribution in [-0.2, 0) is 11.3 Å². The number of amides is 1. The second kappa shape index (κ2) is 11.2. The first-order chi connectivity index (χ1) is 17.4. The zero-order chi connectivity index (χ0) is 27.4. The molecule has 0 saturated heterocycles. The summed E-state index contributed by atoms with van der Waals surface area (Å²) in [6.45, 7) is 9.42. The van der Waals surface area contributed by atoms with Crippen LogP contribution in [0.5, 0.6) is 0 Å². The molecular weight excluding hydrogens is 486 g/mol. The molecule has 3 aromatic rings. The zero-order valence-corrected chi connectivity index (χ0v) is 21.5. The van der Waals surface area contributed by atoms with Crippen molar-refractivity contribution in [1.29, 1.82) is 0 Å². The minimum absolute atomic E-state index is 0.135. The van der Waals surface area contributed by atoms with Gasteiger partial charge in [-0.25, -0.2) is 13.7 Å². The Morgan fingerprint density at radius 1 is 1.14 bits per heavy atom. The minimum Gasteiger partial charge on any atom is -0.443 e. The van der Waals surface area contributed by atoms with Crippen LogP contribution in [0.4, 0.5) is 28.0 Å². The van der Waals surface area contributed by atoms with Crippen LogP contribution in [-0.4, -0.2) is 27.5 Å². The van der Waals surface area contributed by atoms with Gasteiger partial charge in [-0.1, -0.05) is 44.2 Å². The summed E-state index contributed by atoms with van der Waals surface area (Å²) in [5, 5.41) is 4.32. The number of hydrogen-bond acceptors (Lipinski definition) is 3. The molecule has 198 valence electrons. The van der Waals surface area contributed by atoms with Gasteiger partial charge in [-0.2, -0.15) is 18.3 Å². The van der Waals surface area contributed by atoms with Crippen molar-refractivity contribution in [2.24, 2.45) is 0 Å². The summed E-state index contributed by atoms with van der Waals surface area (Å²) < 4.78 is 59.6. The maximum Gasteiger partial charge on any atom is 0.416 e. The van der Waals surface area contributed by atoms with Crippen molar-refractivity contribution >= 4 is 17.3 Å². The lowest BCUT2D eigenvalue weighted by Gasteiger charge is -2.28. The number of carbonyl (C=O) groups excluding carboxylic acids is 1. The number of anilines is 1. The Bertz CT molecular complexity index is 1290. The molecule has 0 radical (unpaired) electrons. The first-order valence-electron chi connectivity index (χ1n) is 12.1. The standard InChI is InChI=1S/C26H25F4N3O2.C2H6/c1-25(2,3)35-24(34)32(16-17-4-10-20(27)11-5-17)21-12-13-33-23(14-21)22(15-31-33)18-6-8-19(9-7-18)26(28,29)30;1-2/h4-6,8-15,18H,7,16H2,1-3H3;1-2H3. The van der Waals surface area contributed by atoms with Crippen LogP contribution in [0.25, 0.3) is 5.52 Å². The van der Waals surface area contributed by atoms with Gasteiger partial charge in [-0.3, -0.25) is 4.90 Å². The van der Waals surface area contributed by atoms with E-state index in [1.807, 2.05) is 13.8 Å². The fourth-order valence-electron chi connectivity index (χ4n) is 3.85. The van der Waals surface area contributed by atoms with Gasteiger partial charge in [0.05, 0.1) is 29.5 Å². The van der Waals surface area contributed by atoms with E-state index in [4.69, 9.17) is 4.74 Å². The number of halogens is 4. The van der Waals surface area contributed by atoms with E-state index in [1.165, 1.54) is 29.2 Å². The maximum absolute atomic E-state index is 13.4. The number of rotatable bonds is 4. The van der Waals surface area contributed by atoms with Gasteiger partial charge >= 0.3 is 12.3 Å². The predicted octanol–water partition coefficient (Wildman–Crippen LogP) is 7.97. The van der Waals surface area contributed by atoms with Crippen molar-refractivity contribution in [3.63, 3.8) is 0 Å². The smallest absolute Gasteiger partial charge is 0.416 e. The number of ether oxygens (including phenoxy) is 1. The lowest BCUT2D eigenvalue weighted by Crippen LogP contribution is -2.36. The molecule has 0 aliphatic heterocycles. The zero-order valence-electron chi connectivity index (χ0n) is 21.5. The van der Waals surface area contributed by atoms with E-state index in [0.29, 0.717) is 16.8 Å². The second-order valence-electron chi connectivity index (χ2n) is 9.37. The lowest BCUT2D eigenvalue weighted by molar-refractivity contribution is -0.0886. The van der Waals surface area contributed by atoms with Gasteiger partial charge in [0, 0.05) is 17.7 Å². The van der Waals surface area contributed by atoms with E-state index in [-0.39, 0.29) is 24.7 Å². The number of carbonyl (C=O) groups is 1. The summed E-state index contributed by atoms with van der Waals surface area (Å²) in [4.78, 5) is 14.5. The van der Waals surface area contributed by atoms with Crippen LogP contribution in [0.2, 0.25) is 0 Å². The van der Waals surface area contributed by atoms with E-state index in [1.54, 1.807) is 61.9 Å². The van der Waals surface area contributed by atoms with E-state index < -0.39 is 23.4 Å². The first kappa shape index (κ1) is 28.0. The number of aromatic nitrogens is 2. The third kappa shape index (κ3) is 6.99. The quantitative estimate of drug-likeness (QED) is 0.330. The van der Waals surface area contributed by atoms with Crippen LogP contribution >= 0.6 is 0 Å². The molecule has 1 aliphatic carbocycles. The van der Waals surface area contributed by atoms with Crippen LogP contribution in [0, 0.1) is 5.82 Å². The highest BCUT2D eigenvalue weighted by Crippen LogP contribution is 2.36. The van der Waals surface area contributed by atoms with Crippen molar-refractivity contribution in [3.05, 3.63) is 89.5 Å². The molecule has 1 amide bonds. The average Bonchev–Trinajstić information content (AvgIpc) is 3.26. The van der Waals surface area contributed by atoms with Gasteiger partial charge in [-0.15, -0.1) is 0 Å². The summed E-state index contributed by atoms with van der Waals surface area (Å²) in [5.74, 6) is -0.674. The fraction of sp³-hybridized carbons (Fsp3) is 0.357. The largest absolute Gasteiger partial charge is 0.443 e. The number of allylic oxidation sites excluding steroid dienone is 4. The van der Waals surface area contributed by atoms with Crippen LogP contribution in [0.15, 0.2) is 72.6 Å². The van der Waals surface area contributed by atoms with E-state index in [2.05, 4.69) is 5.10 Å². The molecule has 0 bridgehead atoms. The number of pyridine rings is 1. The Morgan fingerprint density at radius 3 is 2.38 bits per heavy atom. The number of alkyl halides is 3. The summed E-state index contributed by atoms with van der Waals surface area (Å²) in [6, 6.07) is 9.28. The van der Waals surface area contributed by atoms with Crippen molar-refractivity contribution in [2.45, 2.75) is 65.3 Å². The highest BCUT2D eigenvalue weighted by atomic mass is 19.4. The Balaban J connectivity index is 0.00000186. The molecule has 1 aromatic carbocycles. The monoisotopic (exact) mass is 517 g/mol. The number of fused-ring (bicyclic) bond motifs is 1. The van der Waals surface area contributed by atoms with Crippen LogP contribution in [0.1, 0.15) is 58.1 Å². The molecule has 37 heavy (non-hydrogen) atoms. The topological polar surface area (TPSA) is 46.8 Å². The van der Waals surface area contributed by atoms with Crippen molar-refractivity contribution in [2.75, 3.05) is 4.90 Å². The third-order valence-corrected chi connectivity index (χ3v) is 5.54. The third-order valence-electron chi connectivity index (χ3n) is 5.54. The van der Waals surface area contributed by atoms with Gasteiger partial charge in [0.2, 0.25) is 0 Å². The van der Waals surface area contributed by atoms with Crippen molar-refractivity contribution in [3.8, 4) is 0 Å². The Kier molecular flexibility index (Phi) is 8.46. The molecule has 4 rings (SSSR count). The molecule has 1 aliphatic rings. The molecule has 9 heteroatoms. The molecule has 1 unspecified atom stereocenters. The summed E-state index contributed by atoms with van der Waals surface area (Å²) in [5.41, 5.74) is 1.22. The first-order valence-corrected chi connectivity index (χ1v) is 12.1. The van der Waals surface area contributed by atoms with Crippen LogP contribution in [0.3, 0.4) is 0 Å². The lowest BCUT2D eigenvalue weighted by atomic mass is 9.90. The van der Waals surface area contributed by atoms with Gasteiger partial charge in [0.1, 0.15) is 11.4 Å².